The summed E-state index contributed by atoms with van der Waals surface area (Å²) in [5.74, 6) is -0.455. The summed E-state index contributed by atoms with van der Waals surface area (Å²) >= 11 is 0. The molecule has 0 fully saturated rings. The second kappa shape index (κ2) is 4.69. The number of primary amides is 1. The van der Waals surface area contributed by atoms with E-state index in [1.54, 1.807) is 10.9 Å². The number of nitrogens with zero attached hydrogens (tertiary/aromatic N) is 2. The van der Waals surface area contributed by atoms with Crippen LogP contribution in [-0.2, 0) is 13.0 Å². The van der Waals surface area contributed by atoms with Crippen LogP contribution in [0.4, 0.5) is 5.69 Å². The molecule has 4 N–H and O–H groups in total. The van der Waals surface area contributed by atoms with Gasteiger partial charge in [-0.3, -0.25) is 9.48 Å². The van der Waals surface area contributed by atoms with Gasteiger partial charge in [0, 0.05) is 18.4 Å². The summed E-state index contributed by atoms with van der Waals surface area (Å²) in [6.07, 6.45) is 3.96. The van der Waals surface area contributed by atoms with Gasteiger partial charge in [0.2, 0.25) is 0 Å². The first kappa shape index (κ1) is 11.2. The van der Waals surface area contributed by atoms with Crippen LogP contribution in [0.1, 0.15) is 15.9 Å². The van der Waals surface area contributed by atoms with Crippen LogP contribution in [0.2, 0.25) is 0 Å². The zero-order valence-corrected chi connectivity index (χ0v) is 9.34. The second-order valence-corrected chi connectivity index (χ2v) is 3.85. The molecule has 0 saturated heterocycles. The maximum atomic E-state index is 10.9. The van der Waals surface area contributed by atoms with Crippen LogP contribution in [-0.4, -0.2) is 15.7 Å². The molecule has 88 valence electrons. The molecule has 1 aromatic carbocycles. The summed E-state index contributed by atoms with van der Waals surface area (Å²) in [6, 6.07) is 7.70. The lowest BCUT2D eigenvalue weighted by Crippen LogP contribution is -2.09. The van der Waals surface area contributed by atoms with Gasteiger partial charge in [0.15, 0.2) is 0 Å². The number of carbonyl (C=O) groups is 1. The minimum atomic E-state index is -0.455. The van der Waals surface area contributed by atoms with E-state index in [1.807, 2.05) is 24.3 Å². The number of aromatic nitrogens is 2. The number of hydrogen-bond acceptors (Lipinski definition) is 3. The van der Waals surface area contributed by atoms with Crippen LogP contribution >= 0.6 is 0 Å². The average Bonchev–Trinajstić information content (AvgIpc) is 2.77. The topological polar surface area (TPSA) is 86.9 Å². The molecular weight excluding hydrogens is 216 g/mol. The Hall–Kier alpha value is -2.30. The van der Waals surface area contributed by atoms with E-state index in [0.29, 0.717) is 12.1 Å². The minimum absolute atomic E-state index is 0.433. The van der Waals surface area contributed by atoms with Gasteiger partial charge >= 0.3 is 0 Å². The first-order valence-corrected chi connectivity index (χ1v) is 5.32. The Balaban J connectivity index is 1.97. The number of anilines is 1. The molecule has 0 atom stereocenters. The fourth-order valence-corrected chi connectivity index (χ4v) is 1.54. The highest BCUT2D eigenvalue weighted by atomic mass is 16.1. The third-order valence-electron chi connectivity index (χ3n) is 2.53. The smallest absolute Gasteiger partial charge is 0.251 e. The van der Waals surface area contributed by atoms with Crippen molar-refractivity contribution in [3.8, 4) is 0 Å². The van der Waals surface area contributed by atoms with Crippen molar-refractivity contribution < 1.29 is 4.79 Å². The van der Waals surface area contributed by atoms with Gasteiger partial charge < -0.3 is 11.5 Å². The number of carbonyl (C=O) groups excluding carboxylic acids is 1. The largest absolute Gasteiger partial charge is 0.399 e. The monoisotopic (exact) mass is 230 g/mol. The van der Waals surface area contributed by atoms with E-state index in [2.05, 4.69) is 5.10 Å². The Kier molecular flexibility index (Phi) is 3.09. The number of aryl methyl sites for hydroxylation is 2. The number of nitrogens with two attached hydrogens (primary N) is 2. The van der Waals surface area contributed by atoms with Gasteiger partial charge in [0.1, 0.15) is 0 Å². The molecule has 0 saturated carbocycles. The summed E-state index contributed by atoms with van der Waals surface area (Å²) in [7, 11) is 0. The van der Waals surface area contributed by atoms with Gasteiger partial charge in [-0.1, -0.05) is 12.1 Å². The lowest BCUT2D eigenvalue weighted by molar-refractivity contribution is 0.1000. The molecule has 0 aliphatic carbocycles. The summed E-state index contributed by atoms with van der Waals surface area (Å²) in [6.45, 7) is 0.706. The Morgan fingerprint density at radius 2 is 2.00 bits per heavy atom. The van der Waals surface area contributed by atoms with Crippen molar-refractivity contribution >= 4 is 11.6 Å². The molecule has 5 nitrogen and oxygen atoms in total. The maximum absolute atomic E-state index is 10.9. The molecule has 0 radical (unpaired) electrons. The first-order chi connectivity index (χ1) is 8.15. The molecule has 17 heavy (non-hydrogen) atoms. The molecule has 1 heterocycles. The number of rotatable bonds is 4. The van der Waals surface area contributed by atoms with Crippen LogP contribution in [0.3, 0.4) is 0 Å². The summed E-state index contributed by atoms with van der Waals surface area (Å²) < 4.78 is 1.70. The van der Waals surface area contributed by atoms with E-state index in [1.165, 1.54) is 11.8 Å². The van der Waals surface area contributed by atoms with Crippen LogP contribution in [0.5, 0.6) is 0 Å². The maximum Gasteiger partial charge on any atom is 0.251 e. The van der Waals surface area contributed by atoms with Crippen molar-refractivity contribution in [2.45, 2.75) is 13.0 Å². The van der Waals surface area contributed by atoms with Crippen molar-refractivity contribution in [1.82, 2.24) is 9.78 Å². The minimum Gasteiger partial charge on any atom is -0.399 e. The summed E-state index contributed by atoms with van der Waals surface area (Å²) in [5.41, 5.74) is 13.1. The number of amides is 1. The number of hydrogen-bond donors (Lipinski definition) is 2. The zero-order valence-electron chi connectivity index (χ0n) is 9.34. The Bertz CT molecular complexity index is 516. The Labute approximate surface area is 99.0 Å². The predicted molar refractivity (Wildman–Crippen MR) is 65.3 cm³/mol. The summed E-state index contributed by atoms with van der Waals surface area (Å²) in [4.78, 5) is 10.9. The molecule has 0 aliphatic heterocycles. The molecule has 1 aromatic heterocycles. The van der Waals surface area contributed by atoms with Crippen molar-refractivity contribution in [1.29, 1.82) is 0 Å². The van der Waals surface area contributed by atoms with Crippen LogP contribution in [0, 0.1) is 0 Å². The van der Waals surface area contributed by atoms with E-state index < -0.39 is 5.91 Å². The van der Waals surface area contributed by atoms with Gasteiger partial charge in [0.25, 0.3) is 5.91 Å². The second-order valence-electron chi connectivity index (χ2n) is 3.85. The molecule has 0 unspecified atom stereocenters. The van der Waals surface area contributed by atoms with Crippen molar-refractivity contribution in [2.75, 3.05) is 5.73 Å². The number of benzene rings is 1. The van der Waals surface area contributed by atoms with Crippen molar-refractivity contribution in [3.05, 3.63) is 47.8 Å². The summed E-state index contributed by atoms with van der Waals surface area (Å²) in [5, 5.41) is 4.06. The van der Waals surface area contributed by atoms with E-state index in [4.69, 9.17) is 11.5 Å². The first-order valence-electron chi connectivity index (χ1n) is 5.32. The molecule has 0 spiro atoms. The van der Waals surface area contributed by atoms with Crippen molar-refractivity contribution in [3.63, 3.8) is 0 Å². The standard InChI is InChI=1S/C12H14N4O/c13-11-3-1-9(2-4-11)5-6-16-8-10(7-15-16)12(14)17/h1-4,7-8H,5-6,13H2,(H2,14,17). The molecular formula is C12H14N4O. The highest BCUT2D eigenvalue weighted by Gasteiger charge is 2.03. The quantitative estimate of drug-likeness (QED) is 0.762. The van der Waals surface area contributed by atoms with E-state index in [-0.39, 0.29) is 0 Å². The highest BCUT2D eigenvalue weighted by molar-refractivity contribution is 5.92. The predicted octanol–water partition coefficient (Wildman–Crippen LogP) is 0.807. The van der Waals surface area contributed by atoms with Gasteiger partial charge in [-0.25, -0.2) is 0 Å². The van der Waals surface area contributed by atoms with Crippen LogP contribution < -0.4 is 11.5 Å². The highest BCUT2D eigenvalue weighted by Crippen LogP contribution is 2.07. The third kappa shape index (κ3) is 2.84. The lowest BCUT2D eigenvalue weighted by Gasteiger charge is -2.02. The Morgan fingerprint density at radius 1 is 1.29 bits per heavy atom. The van der Waals surface area contributed by atoms with Gasteiger partial charge in [-0.05, 0) is 24.1 Å². The van der Waals surface area contributed by atoms with Crippen LogP contribution in [0.15, 0.2) is 36.7 Å². The number of nitrogen functional groups attached to an aromatic ring is 1. The van der Waals surface area contributed by atoms with Crippen molar-refractivity contribution in [2.24, 2.45) is 5.73 Å². The van der Waals surface area contributed by atoms with Gasteiger partial charge in [-0.2, -0.15) is 5.10 Å². The van der Waals surface area contributed by atoms with E-state index >= 15 is 0 Å². The molecule has 5 heteroatoms. The van der Waals surface area contributed by atoms with E-state index in [9.17, 15) is 4.79 Å². The zero-order chi connectivity index (χ0) is 12.3. The van der Waals surface area contributed by atoms with Crippen LogP contribution in [0.25, 0.3) is 0 Å². The SMILES string of the molecule is NC(=O)c1cnn(CCc2ccc(N)cc2)c1. The fraction of sp³-hybridized carbons (Fsp3) is 0.167. The fourth-order valence-electron chi connectivity index (χ4n) is 1.54. The molecule has 2 aromatic rings. The molecule has 0 bridgehead atoms. The Morgan fingerprint density at radius 3 is 2.59 bits per heavy atom. The lowest BCUT2D eigenvalue weighted by atomic mass is 10.1. The molecule has 2 rings (SSSR count). The van der Waals surface area contributed by atoms with Gasteiger partial charge in [-0.15, -0.1) is 0 Å². The molecule has 0 aliphatic rings. The normalized spacial score (nSPS) is 10.4. The molecule has 1 amide bonds. The third-order valence-corrected chi connectivity index (χ3v) is 2.53. The van der Waals surface area contributed by atoms with Gasteiger partial charge in [0.05, 0.1) is 11.8 Å². The average molecular weight is 230 g/mol. The van der Waals surface area contributed by atoms with E-state index in [0.717, 1.165) is 12.1 Å².